The number of esters is 5. The van der Waals surface area contributed by atoms with Crippen LogP contribution in [-0.4, -0.2) is 70.7 Å². The summed E-state index contributed by atoms with van der Waals surface area (Å²) in [6, 6.07) is 17.2. The van der Waals surface area contributed by atoms with Crippen LogP contribution in [0.3, 0.4) is 0 Å². The summed E-state index contributed by atoms with van der Waals surface area (Å²) in [5, 5.41) is 0. The van der Waals surface area contributed by atoms with Crippen LogP contribution in [0, 0.1) is 17.3 Å². The molecule has 2 aromatic carbocycles. The monoisotopic (exact) mass is 626 g/mol. The molecule has 3 aliphatic carbocycles. The number of hydrogen-bond donors (Lipinski definition) is 0. The van der Waals surface area contributed by atoms with Gasteiger partial charge in [-0.3, -0.25) is 9.59 Å². The van der Waals surface area contributed by atoms with Gasteiger partial charge in [-0.2, -0.15) is 0 Å². The molecule has 0 saturated carbocycles. The van der Waals surface area contributed by atoms with Crippen molar-refractivity contribution in [3.8, 4) is 0 Å². The molecule has 11 nitrogen and oxygen atoms in total. The Morgan fingerprint density at radius 2 is 1.15 bits per heavy atom. The first-order chi connectivity index (χ1) is 22.2. The number of carbonyl (C=O) groups excluding carboxylic acids is 6. The average Bonchev–Trinajstić information content (AvgIpc) is 3.57. The number of carbonyl (C=O) groups is 6. The van der Waals surface area contributed by atoms with Gasteiger partial charge in [0.15, 0.2) is 17.8 Å². The lowest BCUT2D eigenvalue weighted by Crippen LogP contribution is -2.42. The lowest BCUT2D eigenvalue weighted by Gasteiger charge is -2.43. The highest BCUT2D eigenvalue weighted by molar-refractivity contribution is 6.16. The molecule has 1 heterocycles. The molecular formula is C35H30O11. The van der Waals surface area contributed by atoms with Crippen molar-refractivity contribution in [2.75, 3.05) is 35.0 Å². The Morgan fingerprint density at radius 1 is 0.652 bits per heavy atom. The molecule has 5 atom stereocenters. The fourth-order valence-electron chi connectivity index (χ4n) is 7.99. The summed E-state index contributed by atoms with van der Waals surface area (Å²) < 4.78 is 26.3. The molecule has 2 aromatic rings. The van der Waals surface area contributed by atoms with E-state index in [1.807, 2.05) is 0 Å². The Kier molecular flexibility index (Phi) is 7.71. The third-order valence-electron chi connectivity index (χ3n) is 9.59. The van der Waals surface area contributed by atoms with E-state index in [0.29, 0.717) is 16.7 Å². The summed E-state index contributed by atoms with van der Waals surface area (Å²) in [4.78, 5) is 83.5. The zero-order chi connectivity index (χ0) is 32.9. The smallest absolute Gasteiger partial charge is 0.334 e. The molecular weight excluding hydrogens is 596 g/mol. The zero-order valence-electron chi connectivity index (χ0n) is 25.5. The molecule has 1 spiro atoms. The van der Waals surface area contributed by atoms with Crippen LogP contribution >= 0.6 is 0 Å². The Balaban J connectivity index is 1.85. The van der Waals surface area contributed by atoms with Gasteiger partial charge in [0.2, 0.25) is 0 Å². The summed E-state index contributed by atoms with van der Waals surface area (Å²) in [5.74, 6) is -9.48. The highest BCUT2D eigenvalue weighted by Gasteiger charge is 2.71. The molecule has 6 rings (SSSR count). The summed E-state index contributed by atoms with van der Waals surface area (Å²) >= 11 is 0. The molecule has 4 aliphatic rings. The number of Topliss-reactive ketones (excluding diaryl/α,β-unsaturated/α-hetero) is 1. The van der Waals surface area contributed by atoms with E-state index in [1.54, 1.807) is 60.7 Å². The number of ketones is 1. The predicted molar refractivity (Wildman–Crippen MR) is 158 cm³/mol. The topological polar surface area (TPSA) is 149 Å². The lowest BCUT2D eigenvalue weighted by molar-refractivity contribution is -0.147. The third kappa shape index (κ3) is 4.10. The van der Waals surface area contributed by atoms with Crippen molar-refractivity contribution in [3.05, 3.63) is 105 Å². The SMILES string of the molecule is COC(=O)C1=C(C(=O)OC)[C@@H]2C3=C(C1)[C@@]1(C(=O)COC1=O)[C@H](c1ccccc1)[C@H]3C(C(=O)OC)=C(C(=O)OC)[C@H]2c1ccccc1. The summed E-state index contributed by atoms with van der Waals surface area (Å²) in [6.45, 7) is -0.541. The van der Waals surface area contributed by atoms with Gasteiger partial charge < -0.3 is 23.7 Å². The first kappa shape index (κ1) is 30.7. The average molecular weight is 627 g/mol. The largest absolute Gasteiger partial charge is 0.466 e. The number of hydrogen-bond acceptors (Lipinski definition) is 11. The normalized spacial score (nSPS) is 26.5. The quantitative estimate of drug-likeness (QED) is 0.202. The van der Waals surface area contributed by atoms with Crippen LogP contribution < -0.4 is 0 Å². The number of cyclic esters (lactones) is 1. The maximum Gasteiger partial charge on any atom is 0.334 e. The standard InChI is InChI=1S/C35H30O11/c1-42-30(37)19-15-20-24-25(23(19)31(38)43-2)22(17-11-7-5-8-12-17)27(32(39)44-3)28(33(40)45-4)26(24)29(18-13-9-6-10-14-18)35(20)21(36)16-46-34(35)41/h5-14,22,25-26,29H,15-16H2,1-4H3/t22-,25+,26+,29+,35+/m0/s1. The van der Waals surface area contributed by atoms with Gasteiger partial charge in [0.25, 0.3) is 0 Å². The molecule has 1 saturated heterocycles. The van der Waals surface area contributed by atoms with E-state index in [1.165, 1.54) is 0 Å². The highest BCUT2D eigenvalue weighted by Crippen LogP contribution is 2.69. The molecule has 1 aliphatic heterocycles. The first-order valence-corrected chi connectivity index (χ1v) is 14.5. The number of ether oxygens (including phenoxy) is 5. The van der Waals surface area contributed by atoms with E-state index in [2.05, 4.69) is 0 Å². The second kappa shape index (κ2) is 11.6. The fourth-order valence-corrected chi connectivity index (χ4v) is 7.99. The number of rotatable bonds is 6. The molecule has 0 amide bonds. The molecule has 0 N–H and O–H groups in total. The van der Waals surface area contributed by atoms with Crippen molar-refractivity contribution in [2.24, 2.45) is 17.3 Å². The van der Waals surface area contributed by atoms with Crippen molar-refractivity contribution < 1.29 is 52.5 Å². The van der Waals surface area contributed by atoms with Crippen LogP contribution in [0.25, 0.3) is 0 Å². The molecule has 11 heteroatoms. The Hall–Kier alpha value is -5.32. The van der Waals surface area contributed by atoms with Crippen LogP contribution in [0.5, 0.6) is 0 Å². The van der Waals surface area contributed by atoms with E-state index in [0.717, 1.165) is 28.4 Å². The van der Waals surface area contributed by atoms with E-state index in [4.69, 9.17) is 23.7 Å². The van der Waals surface area contributed by atoms with Crippen molar-refractivity contribution >= 4 is 35.6 Å². The highest BCUT2D eigenvalue weighted by atomic mass is 16.6. The van der Waals surface area contributed by atoms with E-state index < -0.39 is 71.3 Å². The van der Waals surface area contributed by atoms with Crippen molar-refractivity contribution in [3.63, 3.8) is 0 Å². The molecule has 0 bridgehead atoms. The van der Waals surface area contributed by atoms with Gasteiger partial charge >= 0.3 is 29.8 Å². The van der Waals surface area contributed by atoms with Gasteiger partial charge in [-0.25, -0.2) is 19.2 Å². The lowest BCUT2D eigenvalue weighted by atomic mass is 9.59. The van der Waals surface area contributed by atoms with Gasteiger partial charge in [0.05, 0.1) is 50.7 Å². The minimum atomic E-state index is -1.99. The van der Waals surface area contributed by atoms with E-state index in [9.17, 15) is 28.8 Å². The van der Waals surface area contributed by atoms with Crippen molar-refractivity contribution in [2.45, 2.75) is 18.3 Å². The van der Waals surface area contributed by atoms with Gasteiger partial charge in [0, 0.05) is 30.1 Å². The Bertz CT molecular complexity index is 1760. The Labute approximate surface area is 263 Å². The van der Waals surface area contributed by atoms with E-state index in [-0.39, 0.29) is 34.3 Å². The summed E-state index contributed by atoms with van der Waals surface area (Å²) in [5.41, 5.74) is -0.908. The van der Waals surface area contributed by atoms with Gasteiger partial charge in [-0.15, -0.1) is 0 Å². The summed E-state index contributed by atoms with van der Waals surface area (Å²) in [7, 11) is 4.62. The first-order valence-electron chi connectivity index (χ1n) is 14.5. The fraction of sp³-hybridized carbons (Fsp3) is 0.314. The van der Waals surface area contributed by atoms with E-state index >= 15 is 0 Å². The second-order valence-corrected chi connectivity index (χ2v) is 11.3. The molecule has 0 unspecified atom stereocenters. The van der Waals surface area contributed by atoms with Crippen LogP contribution in [-0.2, 0) is 52.5 Å². The van der Waals surface area contributed by atoms with Crippen LogP contribution in [0.4, 0.5) is 0 Å². The molecule has 0 aromatic heterocycles. The zero-order valence-corrected chi connectivity index (χ0v) is 25.5. The van der Waals surface area contributed by atoms with Crippen molar-refractivity contribution in [1.82, 2.24) is 0 Å². The second-order valence-electron chi connectivity index (χ2n) is 11.3. The molecule has 46 heavy (non-hydrogen) atoms. The van der Waals surface area contributed by atoms with Crippen LogP contribution in [0.1, 0.15) is 29.4 Å². The molecule has 236 valence electrons. The number of allylic oxidation sites excluding steroid dienone is 1. The van der Waals surface area contributed by atoms with Gasteiger partial charge in [-0.05, 0) is 16.7 Å². The van der Waals surface area contributed by atoms with Crippen LogP contribution in [0.2, 0.25) is 0 Å². The van der Waals surface area contributed by atoms with Crippen molar-refractivity contribution in [1.29, 1.82) is 0 Å². The molecule has 1 fully saturated rings. The predicted octanol–water partition coefficient (Wildman–Crippen LogP) is 2.91. The molecule has 0 radical (unpaired) electrons. The third-order valence-corrected chi connectivity index (χ3v) is 9.59. The number of fused-ring (bicyclic) bond motifs is 1. The van der Waals surface area contributed by atoms with Gasteiger partial charge in [0.1, 0.15) is 0 Å². The minimum absolute atomic E-state index is 0.111. The number of benzene rings is 2. The van der Waals surface area contributed by atoms with Crippen LogP contribution in [0.15, 0.2) is 94.1 Å². The minimum Gasteiger partial charge on any atom is -0.466 e. The number of methoxy groups -OCH3 is 4. The maximum atomic E-state index is 14.2. The Morgan fingerprint density at radius 3 is 1.65 bits per heavy atom. The van der Waals surface area contributed by atoms with Gasteiger partial charge in [-0.1, -0.05) is 66.2 Å². The maximum absolute atomic E-state index is 14.2. The summed E-state index contributed by atoms with van der Waals surface area (Å²) in [6.07, 6.45) is -0.340.